The number of benzene rings is 1. The van der Waals surface area contributed by atoms with E-state index < -0.39 is 34.0 Å². The van der Waals surface area contributed by atoms with Gasteiger partial charge in [0.1, 0.15) is 17.0 Å². The van der Waals surface area contributed by atoms with Crippen LogP contribution >= 0.6 is 0 Å². The maximum Gasteiger partial charge on any atom is 0.429 e. The quantitative estimate of drug-likeness (QED) is 0.361. The van der Waals surface area contributed by atoms with Crippen LogP contribution in [0, 0.1) is 6.92 Å². The van der Waals surface area contributed by atoms with Crippen LogP contribution < -0.4 is 14.2 Å². The molecular formula is C21H19F3N6O5S. The van der Waals surface area contributed by atoms with E-state index in [0.717, 1.165) is 12.3 Å². The number of hydrogen-bond donors (Lipinski definition) is 1. The van der Waals surface area contributed by atoms with E-state index in [-0.39, 0.29) is 45.5 Å². The van der Waals surface area contributed by atoms with Gasteiger partial charge in [0.15, 0.2) is 0 Å². The van der Waals surface area contributed by atoms with E-state index in [1.807, 2.05) is 0 Å². The molecule has 4 rings (SSSR count). The number of nitrogens with one attached hydrogen (secondary N) is 1. The van der Waals surface area contributed by atoms with Gasteiger partial charge in [-0.25, -0.2) is 18.4 Å². The highest BCUT2D eigenvalue weighted by molar-refractivity contribution is 7.92. The fourth-order valence-electron chi connectivity index (χ4n) is 3.10. The van der Waals surface area contributed by atoms with Gasteiger partial charge in [-0.15, -0.1) is 0 Å². The highest BCUT2D eigenvalue weighted by atomic mass is 32.2. The second kappa shape index (κ2) is 9.56. The van der Waals surface area contributed by atoms with Crippen LogP contribution in [0.4, 0.5) is 19.0 Å². The first-order chi connectivity index (χ1) is 17.0. The summed E-state index contributed by atoms with van der Waals surface area (Å²) >= 11 is 0. The standard InChI is InChI=1S/C21H19F3N6O5S/c1-4-36(31,32)30-19-20(28-16-13(27-19)6-5-7-15(16)33-3)34-17(21(22,23)24)12-8-9-14(25-10-12)18-26-11(2)35-29-18/h5-10,17H,4H2,1-3H3,(H,27,30). The molecule has 0 bridgehead atoms. The van der Waals surface area contributed by atoms with Crippen molar-refractivity contribution in [3.63, 3.8) is 0 Å². The van der Waals surface area contributed by atoms with Crippen molar-refractivity contribution in [1.29, 1.82) is 0 Å². The zero-order valence-corrected chi connectivity index (χ0v) is 19.9. The van der Waals surface area contributed by atoms with E-state index in [9.17, 15) is 21.6 Å². The molecule has 4 aromatic rings. The molecule has 0 radical (unpaired) electrons. The van der Waals surface area contributed by atoms with Crippen LogP contribution in [-0.2, 0) is 10.0 Å². The lowest BCUT2D eigenvalue weighted by Gasteiger charge is -2.23. The average molecular weight is 524 g/mol. The van der Waals surface area contributed by atoms with Gasteiger partial charge in [0.2, 0.25) is 33.7 Å². The number of halogens is 3. The lowest BCUT2D eigenvalue weighted by molar-refractivity contribution is -0.198. The molecule has 0 saturated carbocycles. The van der Waals surface area contributed by atoms with Crippen LogP contribution in [0.3, 0.4) is 0 Å². The van der Waals surface area contributed by atoms with E-state index >= 15 is 0 Å². The molecule has 0 aliphatic heterocycles. The number of methoxy groups -OCH3 is 1. The van der Waals surface area contributed by atoms with Gasteiger partial charge >= 0.3 is 6.18 Å². The lowest BCUT2D eigenvalue weighted by atomic mass is 10.1. The Balaban J connectivity index is 1.79. The maximum atomic E-state index is 14.1. The molecule has 3 aromatic heterocycles. The molecule has 0 aliphatic rings. The van der Waals surface area contributed by atoms with Crippen molar-refractivity contribution < 1.29 is 35.6 Å². The fourth-order valence-corrected chi connectivity index (χ4v) is 3.67. The third-order valence-corrected chi connectivity index (χ3v) is 6.12. The van der Waals surface area contributed by atoms with Crippen LogP contribution in [0.1, 0.15) is 24.5 Å². The van der Waals surface area contributed by atoms with E-state index in [4.69, 9.17) is 14.0 Å². The molecule has 1 aromatic carbocycles. The van der Waals surface area contributed by atoms with Gasteiger partial charge in [0.25, 0.3) is 5.88 Å². The van der Waals surface area contributed by atoms with Crippen LogP contribution in [-0.4, -0.2) is 52.5 Å². The fraction of sp³-hybridized carbons (Fsp3) is 0.286. The number of hydrogen-bond acceptors (Lipinski definition) is 10. The summed E-state index contributed by atoms with van der Waals surface area (Å²) in [5.74, 6) is -0.969. The zero-order chi connectivity index (χ0) is 26.1. The van der Waals surface area contributed by atoms with Crippen molar-refractivity contribution in [2.45, 2.75) is 26.1 Å². The molecule has 1 N–H and O–H groups in total. The highest BCUT2D eigenvalue weighted by Crippen LogP contribution is 2.39. The number of sulfonamides is 1. The second-order valence-electron chi connectivity index (χ2n) is 7.36. The topological polar surface area (TPSA) is 142 Å². The molecule has 11 nitrogen and oxygen atoms in total. The summed E-state index contributed by atoms with van der Waals surface area (Å²) in [4.78, 5) is 16.2. The summed E-state index contributed by atoms with van der Waals surface area (Å²) in [6.07, 6.45) is -6.54. The van der Waals surface area contributed by atoms with E-state index in [1.54, 1.807) is 13.0 Å². The van der Waals surface area contributed by atoms with Crippen LogP contribution in [0.2, 0.25) is 0 Å². The number of rotatable bonds is 8. The molecular weight excluding hydrogens is 505 g/mol. The molecule has 3 heterocycles. The number of alkyl halides is 3. The minimum absolute atomic E-state index is 0.0799. The number of nitrogens with zero attached hydrogens (tertiary/aromatic N) is 5. The maximum absolute atomic E-state index is 14.1. The predicted molar refractivity (Wildman–Crippen MR) is 121 cm³/mol. The van der Waals surface area contributed by atoms with Crippen molar-refractivity contribution in [1.82, 2.24) is 25.1 Å². The number of anilines is 1. The Bertz CT molecular complexity index is 1490. The Morgan fingerprint density at radius 2 is 1.92 bits per heavy atom. The van der Waals surface area contributed by atoms with E-state index in [1.165, 1.54) is 32.2 Å². The van der Waals surface area contributed by atoms with Crippen molar-refractivity contribution >= 4 is 26.9 Å². The number of fused-ring (bicyclic) bond motifs is 1. The summed E-state index contributed by atoms with van der Waals surface area (Å²) in [5, 5.41) is 3.68. The smallest absolute Gasteiger partial charge is 0.429 e. The Morgan fingerprint density at radius 3 is 2.50 bits per heavy atom. The van der Waals surface area contributed by atoms with Gasteiger partial charge in [-0.05, 0) is 25.1 Å². The normalized spacial score (nSPS) is 12.9. The second-order valence-corrected chi connectivity index (χ2v) is 9.38. The first-order valence-electron chi connectivity index (χ1n) is 10.4. The van der Waals surface area contributed by atoms with Gasteiger partial charge in [0.05, 0.1) is 18.4 Å². The Kier molecular flexibility index (Phi) is 6.67. The third kappa shape index (κ3) is 5.30. The summed E-state index contributed by atoms with van der Waals surface area (Å²) in [6.45, 7) is 2.92. The zero-order valence-electron chi connectivity index (χ0n) is 19.1. The number of para-hydroxylation sites is 1. The van der Waals surface area contributed by atoms with Crippen molar-refractivity contribution in [3.8, 4) is 23.1 Å². The van der Waals surface area contributed by atoms with Gasteiger partial charge in [0, 0.05) is 18.7 Å². The molecule has 0 fully saturated rings. The van der Waals surface area contributed by atoms with E-state index in [0.29, 0.717) is 0 Å². The molecule has 0 aliphatic carbocycles. The number of pyridine rings is 1. The predicted octanol–water partition coefficient (Wildman–Crippen LogP) is 3.84. The van der Waals surface area contributed by atoms with E-state index in [2.05, 4.69) is 29.8 Å². The van der Waals surface area contributed by atoms with Crippen LogP contribution in [0.5, 0.6) is 11.6 Å². The summed E-state index contributed by atoms with van der Waals surface area (Å²) < 4.78 is 84.2. The van der Waals surface area contributed by atoms with Crippen LogP contribution in [0.15, 0.2) is 41.1 Å². The largest absolute Gasteiger partial charge is 0.494 e. The number of ether oxygens (including phenoxy) is 2. The minimum atomic E-state index is -4.93. The minimum Gasteiger partial charge on any atom is -0.494 e. The summed E-state index contributed by atoms with van der Waals surface area (Å²) in [5.41, 5.74) is 0.0673. The SMILES string of the molecule is CCS(=O)(=O)Nc1nc2cccc(OC)c2nc1OC(c1ccc(-c2noc(C)n2)nc1)C(F)(F)F. The molecule has 0 spiro atoms. The lowest BCUT2D eigenvalue weighted by Crippen LogP contribution is -2.27. The molecule has 15 heteroatoms. The molecule has 36 heavy (non-hydrogen) atoms. The monoisotopic (exact) mass is 524 g/mol. The van der Waals surface area contributed by atoms with Gasteiger partial charge in [-0.3, -0.25) is 9.71 Å². The molecule has 0 amide bonds. The first kappa shape index (κ1) is 25.1. The number of aromatic nitrogens is 5. The highest BCUT2D eigenvalue weighted by Gasteiger charge is 2.44. The van der Waals surface area contributed by atoms with Gasteiger partial charge in [-0.1, -0.05) is 17.3 Å². The van der Waals surface area contributed by atoms with Crippen LogP contribution in [0.25, 0.3) is 22.6 Å². The first-order valence-corrected chi connectivity index (χ1v) is 12.0. The number of aryl methyl sites for hydroxylation is 1. The summed E-state index contributed by atoms with van der Waals surface area (Å²) in [7, 11) is -2.58. The van der Waals surface area contributed by atoms with Gasteiger partial charge in [-0.2, -0.15) is 18.2 Å². The molecule has 190 valence electrons. The van der Waals surface area contributed by atoms with Crippen molar-refractivity contribution in [2.75, 3.05) is 17.6 Å². The Hall–Kier alpha value is -4.01. The molecule has 1 unspecified atom stereocenters. The van der Waals surface area contributed by atoms with Gasteiger partial charge < -0.3 is 14.0 Å². The Labute approximate surface area is 202 Å². The average Bonchev–Trinajstić information content (AvgIpc) is 3.27. The summed E-state index contributed by atoms with van der Waals surface area (Å²) in [6, 6.07) is 7.02. The Morgan fingerprint density at radius 1 is 1.14 bits per heavy atom. The van der Waals surface area contributed by atoms with Crippen molar-refractivity contribution in [2.24, 2.45) is 0 Å². The van der Waals surface area contributed by atoms with Crippen molar-refractivity contribution in [3.05, 3.63) is 48.0 Å². The third-order valence-electron chi connectivity index (χ3n) is 4.85. The molecule has 0 saturated heterocycles. The molecule has 1 atom stereocenters.